The van der Waals surface area contributed by atoms with Crippen molar-refractivity contribution < 1.29 is 31.2 Å². The Hall–Kier alpha value is -4.64. The van der Waals surface area contributed by atoms with Gasteiger partial charge < -0.3 is 15.4 Å². The molecule has 5 rings (SSSR count). The molecule has 0 unspecified atom stereocenters. The van der Waals surface area contributed by atoms with Crippen LogP contribution in [-0.2, 0) is 36.1 Å². The van der Waals surface area contributed by atoms with Gasteiger partial charge in [0.25, 0.3) is 5.91 Å². The van der Waals surface area contributed by atoms with Crippen LogP contribution in [0, 0.1) is 0 Å². The summed E-state index contributed by atoms with van der Waals surface area (Å²) in [7, 11) is -6.95. The first-order chi connectivity index (χ1) is 22.4. The van der Waals surface area contributed by atoms with Crippen LogP contribution < -0.4 is 20.5 Å². The van der Waals surface area contributed by atoms with Gasteiger partial charge in [-0.2, -0.15) is 9.82 Å². The van der Waals surface area contributed by atoms with E-state index in [-0.39, 0.29) is 16.3 Å². The van der Waals surface area contributed by atoms with Gasteiger partial charge in [-0.15, -0.1) is 0 Å². The fraction of sp³-hybridized carbons (Fsp3) is 0.290. The first-order valence-electron chi connectivity index (χ1n) is 14.8. The Morgan fingerprint density at radius 2 is 1.64 bits per heavy atom. The van der Waals surface area contributed by atoms with E-state index in [1.54, 1.807) is 36.5 Å². The highest BCUT2D eigenvalue weighted by molar-refractivity contribution is 7.89. The summed E-state index contributed by atoms with van der Waals surface area (Å²) in [6, 6.07) is 15.2. The second kappa shape index (κ2) is 14.4. The fourth-order valence-electron chi connectivity index (χ4n) is 5.09. The van der Waals surface area contributed by atoms with E-state index in [0.717, 1.165) is 49.7 Å². The zero-order valence-electron chi connectivity index (χ0n) is 25.5. The quantitative estimate of drug-likeness (QED) is 0.161. The summed E-state index contributed by atoms with van der Waals surface area (Å²) in [5, 5.41) is 16.3. The van der Waals surface area contributed by atoms with Crippen LogP contribution in [0.1, 0.15) is 29.6 Å². The number of nitrogens with two attached hydrogens (primary N) is 1. The molecule has 1 atom stereocenters. The van der Waals surface area contributed by atoms with Gasteiger partial charge in [-0.1, -0.05) is 24.3 Å². The zero-order chi connectivity index (χ0) is 33.6. The molecule has 0 aliphatic carbocycles. The Morgan fingerprint density at radius 1 is 0.957 bits per heavy atom. The van der Waals surface area contributed by atoms with Crippen LogP contribution in [-0.4, -0.2) is 77.1 Å². The number of aromatic nitrogens is 2. The van der Waals surface area contributed by atoms with Crippen molar-refractivity contribution in [2.45, 2.75) is 41.6 Å². The second-order valence-electron chi connectivity index (χ2n) is 10.9. The van der Waals surface area contributed by atoms with Crippen molar-refractivity contribution in [3.05, 3.63) is 78.5 Å². The molecule has 16 heteroatoms. The molecule has 47 heavy (non-hydrogen) atoms. The van der Waals surface area contributed by atoms with Gasteiger partial charge >= 0.3 is 5.97 Å². The topological polar surface area (TPSA) is 204 Å². The molecular formula is C31H35N7O7S2. The monoisotopic (exact) mass is 681 g/mol. The van der Waals surface area contributed by atoms with Crippen molar-refractivity contribution >= 4 is 48.7 Å². The number of benzene rings is 3. The van der Waals surface area contributed by atoms with Gasteiger partial charge in [0.15, 0.2) is 0 Å². The molecule has 14 nitrogen and oxygen atoms in total. The maximum atomic E-state index is 13.2. The number of nitrogens with one attached hydrogen (secondary N) is 3. The van der Waals surface area contributed by atoms with Crippen molar-refractivity contribution in [3.63, 3.8) is 0 Å². The third kappa shape index (κ3) is 8.40. The summed E-state index contributed by atoms with van der Waals surface area (Å²) >= 11 is 0. The molecule has 0 saturated carbocycles. The maximum Gasteiger partial charge on any atom is 0.325 e. The van der Waals surface area contributed by atoms with Gasteiger partial charge in [0.05, 0.1) is 41.0 Å². The van der Waals surface area contributed by atoms with E-state index in [1.807, 2.05) is 4.68 Å². The minimum absolute atomic E-state index is 0.0493. The number of aliphatic imine (C=N–C) groups is 1. The highest BCUT2D eigenvalue weighted by Crippen LogP contribution is 2.23. The van der Waals surface area contributed by atoms with Gasteiger partial charge in [0.1, 0.15) is 6.04 Å². The number of esters is 1. The molecule has 1 aliphatic rings. The molecule has 1 aromatic heterocycles. The average Bonchev–Trinajstić information content (AvgIpc) is 3.48. The van der Waals surface area contributed by atoms with Crippen LogP contribution >= 0.6 is 0 Å². The van der Waals surface area contributed by atoms with E-state index in [9.17, 15) is 26.4 Å². The fourth-order valence-corrected chi connectivity index (χ4v) is 6.79. The van der Waals surface area contributed by atoms with Gasteiger partial charge in [0, 0.05) is 37.0 Å². The Bertz CT molecular complexity index is 2010. The number of primary sulfonamides is 1. The van der Waals surface area contributed by atoms with Crippen molar-refractivity contribution in [2.75, 3.05) is 26.7 Å². The first-order valence-corrected chi connectivity index (χ1v) is 17.8. The third-order valence-electron chi connectivity index (χ3n) is 7.61. The van der Waals surface area contributed by atoms with Crippen LogP contribution in [0.15, 0.2) is 87.7 Å². The molecule has 1 aliphatic heterocycles. The highest BCUT2D eigenvalue weighted by Gasteiger charge is 2.27. The number of ether oxygens (including phenoxy) is 1. The molecule has 0 saturated heterocycles. The molecule has 0 fully saturated rings. The largest absolute Gasteiger partial charge is 0.468 e. The Kier molecular flexibility index (Phi) is 10.3. The molecule has 2 heterocycles. The number of hydrogen-bond acceptors (Lipinski definition) is 10. The molecule has 0 spiro atoms. The SMILES string of the molecule is COC(=O)[C@H](CNC(=O)c1ccc2c(cnn2CCNC2=NCCCC2)c1)NS(=O)(=O)c1ccc(-c2ccc(S(N)(=O)=O)cc2)cc1. The van der Waals surface area contributed by atoms with E-state index in [4.69, 9.17) is 9.88 Å². The summed E-state index contributed by atoms with van der Waals surface area (Å²) in [4.78, 5) is 29.8. The molecular weight excluding hydrogens is 647 g/mol. The number of nitrogens with zero attached hydrogens (tertiary/aromatic N) is 3. The number of carbonyl (C=O) groups is 2. The van der Waals surface area contributed by atoms with Crippen LogP contribution in [0.2, 0.25) is 0 Å². The molecule has 3 aromatic carbocycles. The predicted octanol–water partition coefficient (Wildman–Crippen LogP) is 1.77. The van der Waals surface area contributed by atoms with Crippen LogP contribution in [0.5, 0.6) is 0 Å². The normalized spacial score (nSPS) is 14.3. The minimum atomic E-state index is -4.21. The molecule has 5 N–H and O–H groups in total. The molecule has 1 amide bonds. The summed E-state index contributed by atoms with van der Waals surface area (Å²) < 4.78 is 58.3. The number of hydrogen-bond donors (Lipinski definition) is 4. The van der Waals surface area contributed by atoms with E-state index < -0.39 is 38.0 Å². The average molecular weight is 682 g/mol. The van der Waals surface area contributed by atoms with Gasteiger partial charge in [-0.25, -0.2) is 22.0 Å². The molecule has 248 valence electrons. The Labute approximate surface area is 272 Å². The van der Waals surface area contributed by atoms with Crippen molar-refractivity contribution in [1.29, 1.82) is 0 Å². The summed E-state index contributed by atoms with van der Waals surface area (Å²) in [5.74, 6) is -0.377. The lowest BCUT2D eigenvalue weighted by molar-refractivity contribution is -0.142. The Morgan fingerprint density at radius 3 is 2.26 bits per heavy atom. The van der Waals surface area contributed by atoms with Gasteiger partial charge in [-0.3, -0.25) is 19.3 Å². The first kappa shape index (κ1) is 33.7. The summed E-state index contributed by atoms with van der Waals surface area (Å²) in [6.45, 7) is 1.77. The highest BCUT2D eigenvalue weighted by atomic mass is 32.2. The van der Waals surface area contributed by atoms with Crippen molar-refractivity contribution in [1.82, 2.24) is 25.1 Å². The zero-order valence-corrected chi connectivity index (χ0v) is 27.2. The van der Waals surface area contributed by atoms with E-state index in [2.05, 4.69) is 25.4 Å². The number of sulfonamides is 2. The van der Waals surface area contributed by atoms with E-state index >= 15 is 0 Å². The van der Waals surface area contributed by atoms with Crippen molar-refractivity contribution in [2.24, 2.45) is 10.1 Å². The summed E-state index contributed by atoms with van der Waals surface area (Å²) in [5.41, 5.74) is 2.42. The number of methoxy groups -OCH3 is 1. The number of carbonyl (C=O) groups excluding carboxylic acids is 2. The lowest BCUT2D eigenvalue weighted by Gasteiger charge is -2.17. The van der Waals surface area contributed by atoms with Crippen LogP contribution in [0.3, 0.4) is 0 Å². The standard InChI is InChI=1S/C31H35N7O7S2/c1-45-31(40)27(37-47(43,44)26-12-7-22(8-13-26)21-5-10-25(11-6-21)46(32,41)42)20-35-30(39)23-9-14-28-24(18-23)19-36-38(28)17-16-34-29-4-2-3-15-33-29/h5-14,18-19,27,37H,2-4,15-17,20H2,1H3,(H,33,34)(H,35,39)(H2,32,41,42)/t27-/m0/s1. The Balaban J connectivity index is 1.20. The predicted molar refractivity (Wildman–Crippen MR) is 176 cm³/mol. The van der Waals surface area contributed by atoms with Gasteiger partial charge in [-0.05, 0) is 66.4 Å². The van der Waals surface area contributed by atoms with Crippen LogP contribution in [0.25, 0.3) is 22.0 Å². The van der Waals surface area contributed by atoms with E-state index in [0.29, 0.717) is 29.8 Å². The number of amidine groups is 1. The molecule has 0 bridgehead atoms. The van der Waals surface area contributed by atoms with E-state index in [1.165, 1.54) is 36.4 Å². The number of amides is 1. The lowest BCUT2D eigenvalue weighted by atomic mass is 10.1. The molecule has 4 aromatic rings. The van der Waals surface area contributed by atoms with Crippen molar-refractivity contribution in [3.8, 4) is 11.1 Å². The molecule has 0 radical (unpaired) electrons. The number of fused-ring (bicyclic) bond motifs is 1. The summed E-state index contributed by atoms with van der Waals surface area (Å²) in [6.07, 6.45) is 4.87. The lowest BCUT2D eigenvalue weighted by Crippen LogP contribution is -2.48. The smallest absolute Gasteiger partial charge is 0.325 e. The number of rotatable bonds is 12. The second-order valence-corrected chi connectivity index (χ2v) is 14.1. The van der Waals surface area contributed by atoms with Gasteiger partial charge in [0.2, 0.25) is 20.0 Å². The minimum Gasteiger partial charge on any atom is -0.468 e. The third-order valence-corrected chi connectivity index (χ3v) is 10.0. The van der Waals surface area contributed by atoms with Crippen LogP contribution in [0.4, 0.5) is 0 Å². The maximum absolute atomic E-state index is 13.2.